The van der Waals surface area contributed by atoms with Crippen molar-refractivity contribution < 1.29 is 9.90 Å². The van der Waals surface area contributed by atoms with Gasteiger partial charge < -0.3 is 10.4 Å². The molecule has 5 rings (SSSR count). The molecule has 2 aliphatic carbocycles. The van der Waals surface area contributed by atoms with Crippen molar-refractivity contribution in [1.82, 2.24) is 9.97 Å². The van der Waals surface area contributed by atoms with Gasteiger partial charge in [-0.1, -0.05) is 67.6 Å². The van der Waals surface area contributed by atoms with Crippen molar-refractivity contribution in [2.24, 2.45) is 5.92 Å². The third kappa shape index (κ3) is 4.94. The lowest BCUT2D eigenvalue weighted by molar-refractivity contribution is -0.115. The maximum Gasteiger partial charge on any atom is 0.229 e. The number of benzene rings is 2. The summed E-state index contributed by atoms with van der Waals surface area (Å²) in [4.78, 5) is 22.9. The Morgan fingerprint density at radius 3 is 2.55 bits per heavy atom. The molecule has 0 bridgehead atoms. The summed E-state index contributed by atoms with van der Waals surface area (Å²) in [6, 6.07) is 13.4. The number of aromatic nitrogens is 2. The van der Waals surface area contributed by atoms with Crippen molar-refractivity contribution in [2.45, 2.75) is 58.0 Å². The van der Waals surface area contributed by atoms with E-state index in [-0.39, 0.29) is 18.9 Å². The predicted molar refractivity (Wildman–Crippen MR) is 130 cm³/mol. The molecule has 1 saturated carbocycles. The highest BCUT2D eigenvalue weighted by Crippen LogP contribution is 2.35. The van der Waals surface area contributed by atoms with Crippen molar-refractivity contribution >= 4 is 23.3 Å². The zero-order chi connectivity index (χ0) is 22.8. The number of fused-ring (bicyclic) bond motifs is 3. The molecule has 2 aliphatic rings. The second kappa shape index (κ2) is 9.62. The maximum absolute atomic E-state index is 12.9. The van der Waals surface area contributed by atoms with E-state index >= 15 is 0 Å². The van der Waals surface area contributed by atoms with Gasteiger partial charge in [-0.05, 0) is 54.0 Å². The summed E-state index contributed by atoms with van der Waals surface area (Å²) in [5.41, 5.74) is 6.85. The molecule has 2 aromatic carbocycles. The van der Waals surface area contributed by atoms with Crippen molar-refractivity contribution in [3.05, 3.63) is 75.6 Å². The van der Waals surface area contributed by atoms with E-state index < -0.39 is 0 Å². The first-order chi connectivity index (χ1) is 16.1. The summed E-state index contributed by atoms with van der Waals surface area (Å²) < 4.78 is 0. The van der Waals surface area contributed by atoms with E-state index in [1.165, 1.54) is 31.2 Å². The second-order valence-electron chi connectivity index (χ2n) is 9.17. The zero-order valence-electron chi connectivity index (χ0n) is 18.6. The van der Waals surface area contributed by atoms with Crippen LogP contribution in [0.25, 0.3) is 11.3 Å². The van der Waals surface area contributed by atoms with Crippen LogP contribution < -0.4 is 5.32 Å². The Bertz CT molecular complexity index is 1170. The number of carbonyl (C=O) groups excluding carboxylic acids is 1. The minimum absolute atomic E-state index is 0.0390. The smallest absolute Gasteiger partial charge is 0.229 e. The molecule has 2 N–H and O–H groups in total. The number of anilines is 1. The molecule has 0 unspecified atom stereocenters. The normalized spacial score (nSPS) is 15.2. The summed E-state index contributed by atoms with van der Waals surface area (Å²) in [6.07, 6.45) is 7.65. The molecular weight excluding hydrogens is 434 g/mol. The molecule has 0 saturated heterocycles. The van der Waals surface area contributed by atoms with E-state index in [1.807, 2.05) is 24.3 Å². The predicted octanol–water partition coefficient (Wildman–Crippen LogP) is 5.30. The number of hydrogen-bond acceptors (Lipinski definition) is 4. The summed E-state index contributed by atoms with van der Waals surface area (Å²) >= 11 is 5.97. The SMILES string of the molecule is O=C(Cc1ccc(Cl)cc1)Nc1nc2c(nc1CC1CCCC1)-c1ccc(CO)cc1CC2. The fourth-order valence-electron chi connectivity index (χ4n) is 5.03. The van der Waals surface area contributed by atoms with Gasteiger partial charge in [-0.15, -0.1) is 0 Å². The van der Waals surface area contributed by atoms with Crippen molar-refractivity contribution in [3.63, 3.8) is 0 Å². The van der Waals surface area contributed by atoms with Gasteiger partial charge in [0.15, 0.2) is 5.82 Å². The minimum atomic E-state index is -0.0944. The van der Waals surface area contributed by atoms with Crippen LogP contribution in [-0.2, 0) is 37.1 Å². The number of hydrogen-bond donors (Lipinski definition) is 2. The Labute approximate surface area is 199 Å². The van der Waals surface area contributed by atoms with Crippen molar-refractivity contribution in [3.8, 4) is 11.3 Å². The Hall–Kier alpha value is -2.76. The van der Waals surface area contributed by atoms with Crippen LogP contribution in [0.4, 0.5) is 5.82 Å². The molecule has 3 aromatic rings. The van der Waals surface area contributed by atoms with E-state index in [4.69, 9.17) is 21.6 Å². The van der Waals surface area contributed by atoms with Gasteiger partial charge in [0.25, 0.3) is 0 Å². The number of rotatable bonds is 6. The zero-order valence-corrected chi connectivity index (χ0v) is 19.4. The molecule has 170 valence electrons. The molecule has 6 heteroatoms. The quantitative estimate of drug-likeness (QED) is 0.522. The minimum Gasteiger partial charge on any atom is -0.392 e. The average Bonchev–Trinajstić information content (AvgIpc) is 3.33. The third-order valence-corrected chi connectivity index (χ3v) is 7.02. The second-order valence-corrected chi connectivity index (χ2v) is 9.61. The van der Waals surface area contributed by atoms with E-state index in [1.54, 1.807) is 12.1 Å². The first-order valence-corrected chi connectivity index (χ1v) is 12.1. The molecule has 5 nitrogen and oxygen atoms in total. The molecule has 0 aliphatic heterocycles. The molecule has 33 heavy (non-hydrogen) atoms. The fourth-order valence-corrected chi connectivity index (χ4v) is 5.15. The van der Waals surface area contributed by atoms with Crippen LogP contribution in [0, 0.1) is 5.92 Å². The van der Waals surface area contributed by atoms with E-state index in [9.17, 15) is 9.90 Å². The standard InChI is InChI=1S/C27H28ClN3O2/c28-21-9-5-18(6-10-21)15-25(33)31-27-24(14-17-3-1-2-4-17)29-26-22-11-7-19(16-32)13-20(22)8-12-23(26)30-27/h5-7,9-11,13,17,32H,1-4,8,12,14-16H2,(H,30,31,33). The van der Waals surface area contributed by atoms with Crippen LogP contribution in [-0.4, -0.2) is 21.0 Å². The molecule has 1 aromatic heterocycles. The topological polar surface area (TPSA) is 75.1 Å². The van der Waals surface area contributed by atoms with Crippen LogP contribution in [0.2, 0.25) is 5.02 Å². The molecule has 1 amide bonds. The largest absolute Gasteiger partial charge is 0.392 e. The highest BCUT2D eigenvalue weighted by Gasteiger charge is 2.25. The van der Waals surface area contributed by atoms with Crippen LogP contribution in [0.1, 0.15) is 53.8 Å². The monoisotopic (exact) mass is 461 g/mol. The van der Waals surface area contributed by atoms with Gasteiger partial charge in [-0.25, -0.2) is 9.97 Å². The number of amides is 1. The maximum atomic E-state index is 12.9. The Kier molecular flexibility index (Phi) is 6.43. The average molecular weight is 462 g/mol. The summed E-state index contributed by atoms with van der Waals surface area (Å²) in [6.45, 7) is 0.0390. The lowest BCUT2D eigenvalue weighted by Gasteiger charge is -2.22. The van der Waals surface area contributed by atoms with Crippen LogP contribution in [0.5, 0.6) is 0 Å². The first-order valence-electron chi connectivity index (χ1n) is 11.8. The number of halogens is 1. The van der Waals surface area contributed by atoms with E-state index in [2.05, 4.69) is 11.4 Å². The fraction of sp³-hybridized carbons (Fsp3) is 0.370. The summed E-state index contributed by atoms with van der Waals surface area (Å²) in [5.74, 6) is 1.10. The summed E-state index contributed by atoms with van der Waals surface area (Å²) in [5, 5.41) is 13.2. The van der Waals surface area contributed by atoms with Crippen LogP contribution >= 0.6 is 11.6 Å². The number of nitrogens with one attached hydrogen (secondary N) is 1. The van der Waals surface area contributed by atoms with Gasteiger partial charge in [0.1, 0.15) is 0 Å². The van der Waals surface area contributed by atoms with Gasteiger partial charge in [-0.3, -0.25) is 4.79 Å². The molecule has 1 fully saturated rings. The van der Waals surface area contributed by atoms with Gasteiger partial charge in [0.05, 0.1) is 30.1 Å². The Balaban J connectivity index is 1.46. The van der Waals surface area contributed by atoms with Gasteiger partial charge >= 0.3 is 0 Å². The van der Waals surface area contributed by atoms with Gasteiger partial charge in [0, 0.05) is 10.6 Å². The highest BCUT2D eigenvalue weighted by atomic mass is 35.5. The Morgan fingerprint density at radius 2 is 1.79 bits per heavy atom. The van der Waals surface area contributed by atoms with E-state index in [0.717, 1.165) is 53.0 Å². The van der Waals surface area contributed by atoms with Gasteiger partial charge in [0.2, 0.25) is 5.91 Å². The molecule has 1 heterocycles. The number of aryl methyl sites for hydroxylation is 2. The summed E-state index contributed by atoms with van der Waals surface area (Å²) in [7, 11) is 0. The first kappa shape index (κ1) is 22.1. The van der Waals surface area contributed by atoms with Crippen LogP contribution in [0.3, 0.4) is 0 Å². The number of nitrogens with zero attached hydrogens (tertiary/aromatic N) is 2. The molecular formula is C27H28ClN3O2. The molecule has 0 radical (unpaired) electrons. The van der Waals surface area contributed by atoms with Crippen LogP contribution in [0.15, 0.2) is 42.5 Å². The third-order valence-electron chi connectivity index (χ3n) is 6.77. The molecule has 0 atom stereocenters. The van der Waals surface area contributed by atoms with Gasteiger partial charge in [-0.2, -0.15) is 0 Å². The highest BCUT2D eigenvalue weighted by molar-refractivity contribution is 6.30. The van der Waals surface area contributed by atoms with Crippen molar-refractivity contribution in [2.75, 3.05) is 5.32 Å². The molecule has 0 spiro atoms. The number of aliphatic hydroxyl groups excluding tert-OH is 1. The Morgan fingerprint density at radius 1 is 1.03 bits per heavy atom. The number of carbonyl (C=O) groups is 1. The lowest BCUT2D eigenvalue weighted by atomic mass is 9.90. The van der Waals surface area contributed by atoms with Crippen molar-refractivity contribution in [1.29, 1.82) is 0 Å². The lowest BCUT2D eigenvalue weighted by Crippen LogP contribution is -2.20. The van der Waals surface area contributed by atoms with E-state index in [0.29, 0.717) is 16.8 Å². The number of aliphatic hydroxyl groups is 1.